The van der Waals surface area contributed by atoms with Crippen molar-refractivity contribution in [2.75, 3.05) is 6.61 Å². The third-order valence-electron chi connectivity index (χ3n) is 5.96. The summed E-state index contributed by atoms with van der Waals surface area (Å²) in [6, 6.07) is 15.5. The van der Waals surface area contributed by atoms with Gasteiger partial charge >= 0.3 is 12.1 Å². The van der Waals surface area contributed by atoms with Crippen molar-refractivity contribution >= 4 is 12.1 Å². The molecule has 1 amide bonds. The van der Waals surface area contributed by atoms with Crippen molar-refractivity contribution < 1.29 is 19.4 Å². The van der Waals surface area contributed by atoms with Crippen LogP contribution in [0.5, 0.6) is 0 Å². The Labute approximate surface area is 193 Å². The zero-order valence-corrected chi connectivity index (χ0v) is 19.3. The first kappa shape index (κ1) is 22.6. The summed E-state index contributed by atoms with van der Waals surface area (Å²) in [5.74, 6) is -1.08. The molecule has 0 bridgehead atoms. The first-order chi connectivity index (χ1) is 15.6. The minimum atomic E-state index is -1.01. The van der Waals surface area contributed by atoms with E-state index in [0.29, 0.717) is 5.56 Å². The fourth-order valence-electron chi connectivity index (χ4n) is 4.54. The van der Waals surface area contributed by atoms with Crippen LogP contribution in [0.25, 0.3) is 11.1 Å². The molecule has 0 spiro atoms. The molecule has 2 N–H and O–H groups in total. The standard InChI is InChI=1S/C26H29N3O4/c1-26(2,3)24-20(14-29(4)28-24)22(13-23(30)31)27-25(32)33-15-21-18-11-7-5-9-16(18)17-10-6-8-12-19(17)21/h5-12,14,21-22H,13,15H2,1-4H3,(H,27,32)(H,30,31). The molecule has 3 aromatic rings. The highest BCUT2D eigenvalue weighted by molar-refractivity contribution is 5.79. The Morgan fingerprint density at radius 1 is 1.09 bits per heavy atom. The van der Waals surface area contributed by atoms with Crippen LogP contribution in [0.3, 0.4) is 0 Å². The van der Waals surface area contributed by atoms with Gasteiger partial charge in [0.2, 0.25) is 0 Å². The van der Waals surface area contributed by atoms with Gasteiger partial charge in [0.15, 0.2) is 0 Å². The van der Waals surface area contributed by atoms with Crippen LogP contribution in [0, 0.1) is 0 Å². The number of benzene rings is 2. The highest BCUT2D eigenvalue weighted by Crippen LogP contribution is 2.44. The number of nitrogens with zero attached hydrogens (tertiary/aromatic N) is 2. The van der Waals surface area contributed by atoms with Gasteiger partial charge in [0.05, 0.1) is 18.2 Å². The summed E-state index contributed by atoms with van der Waals surface area (Å²) in [5.41, 5.74) is 5.66. The van der Waals surface area contributed by atoms with E-state index in [1.807, 2.05) is 45.0 Å². The second kappa shape index (κ2) is 8.73. The minimum absolute atomic E-state index is 0.0652. The first-order valence-electron chi connectivity index (χ1n) is 11.0. The van der Waals surface area contributed by atoms with Crippen LogP contribution < -0.4 is 5.32 Å². The lowest BCUT2D eigenvalue weighted by atomic mass is 9.87. The maximum atomic E-state index is 12.8. The minimum Gasteiger partial charge on any atom is -0.481 e. The second-order valence-corrected chi connectivity index (χ2v) is 9.48. The number of carbonyl (C=O) groups is 2. The third-order valence-corrected chi connectivity index (χ3v) is 5.96. The van der Waals surface area contributed by atoms with Crippen LogP contribution in [-0.4, -0.2) is 33.6 Å². The average molecular weight is 448 g/mol. The molecule has 1 atom stereocenters. The molecule has 1 unspecified atom stereocenters. The fourth-order valence-corrected chi connectivity index (χ4v) is 4.54. The van der Waals surface area contributed by atoms with Crippen molar-refractivity contribution in [3.63, 3.8) is 0 Å². The van der Waals surface area contributed by atoms with Crippen molar-refractivity contribution in [1.82, 2.24) is 15.1 Å². The van der Waals surface area contributed by atoms with E-state index in [1.165, 1.54) is 0 Å². The van der Waals surface area contributed by atoms with Crippen LogP contribution in [0.2, 0.25) is 0 Å². The molecule has 33 heavy (non-hydrogen) atoms. The molecule has 1 aliphatic rings. The lowest BCUT2D eigenvalue weighted by Crippen LogP contribution is -2.33. The molecule has 1 heterocycles. The molecule has 4 rings (SSSR count). The van der Waals surface area contributed by atoms with Gasteiger partial charge < -0.3 is 15.2 Å². The van der Waals surface area contributed by atoms with E-state index in [2.05, 4.69) is 34.7 Å². The van der Waals surface area contributed by atoms with Crippen molar-refractivity contribution in [2.24, 2.45) is 7.05 Å². The summed E-state index contributed by atoms with van der Waals surface area (Å²) < 4.78 is 7.28. The van der Waals surface area contributed by atoms with Crippen molar-refractivity contribution in [3.8, 4) is 11.1 Å². The number of ether oxygens (including phenoxy) is 1. The van der Waals surface area contributed by atoms with Gasteiger partial charge in [-0.1, -0.05) is 69.3 Å². The Morgan fingerprint density at radius 2 is 1.67 bits per heavy atom. The van der Waals surface area contributed by atoms with Crippen molar-refractivity contribution in [2.45, 2.75) is 44.6 Å². The number of fused-ring (bicyclic) bond motifs is 3. The van der Waals surface area contributed by atoms with Crippen molar-refractivity contribution in [3.05, 3.63) is 77.1 Å². The van der Waals surface area contributed by atoms with Gasteiger partial charge in [-0.15, -0.1) is 0 Å². The predicted molar refractivity (Wildman–Crippen MR) is 125 cm³/mol. The molecule has 0 radical (unpaired) electrons. The predicted octanol–water partition coefficient (Wildman–Crippen LogP) is 4.77. The van der Waals surface area contributed by atoms with E-state index in [-0.39, 0.29) is 24.4 Å². The van der Waals surface area contributed by atoms with E-state index in [0.717, 1.165) is 27.9 Å². The maximum absolute atomic E-state index is 12.8. The lowest BCUT2D eigenvalue weighted by molar-refractivity contribution is -0.137. The normalized spacial score (nSPS) is 13.8. The van der Waals surface area contributed by atoms with Crippen LogP contribution in [0.4, 0.5) is 4.79 Å². The molecule has 2 aromatic carbocycles. The summed E-state index contributed by atoms with van der Waals surface area (Å²) in [6.45, 7) is 6.18. The Kier molecular flexibility index (Phi) is 5.97. The number of aryl methyl sites for hydroxylation is 1. The van der Waals surface area contributed by atoms with Crippen LogP contribution in [0.1, 0.15) is 61.5 Å². The highest BCUT2D eigenvalue weighted by atomic mass is 16.5. The quantitative estimate of drug-likeness (QED) is 0.568. The van der Waals surface area contributed by atoms with Gasteiger partial charge in [0.25, 0.3) is 0 Å². The van der Waals surface area contributed by atoms with E-state index < -0.39 is 18.1 Å². The molecule has 0 fully saturated rings. The summed E-state index contributed by atoms with van der Waals surface area (Å²) in [4.78, 5) is 24.4. The summed E-state index contributed by atoms with van der Waals surface area (Å²) in [6.07, 6.45) is 0.850. The first-order valence-corrected chi connectivity index (χ1v) is 11.0. The molecule has 0 aliphatic heterocycles. The van der Waals surface area contributed by atoms with Crippen LogP contribution in [-0.2, 0) is 22.0 Å². The molecule has 172 valence electrons. The number of carbonyl (C=O) groups excluding carboxylic acids is 1. The fraction of sp³-hybridized carbons (Fsp3) is 0.346. The number of nitrogens with one attached hydrogen (secondary N) is 1. The lowest BCUT2D eigenvalue weighted by Gasteiger charge is -2.23. The van der Waals surface area contributed by atoms with Gasteiger partial charge in [0, 0.05) is 30.1 Å². The van der Waals surface area contributed by atoms with Crippen molar-refractivity contribution in [1.29, 1.82) is 0 Å². The number of carboxylic acids is 1. The topological polar surface area (TPSA) is 93.5 Å². The molecule has 1 aromatic heterocycles. The average Bonchev–Trinajstić information content (AvgIpc) is 3.30. The van der Waals surface area contributed by atoms with Gasteiger partial charge in [-0.25, -0.2) is 4.79 Å². The molecule has 1 aliphatic carbocycles. The largest absolute Gasteiger partial charge is 0.481 e. The Bertz CT molecular complexity index is 1150. The zero-order valence-electron chi connectivity index (χ0n) is 19.3. The number of aromatic nitrogens is 2. The van der Waals surface area contributed by atoms with Gasteiger partial charge in [0.1, 0.15) is 6.61 Å². The Morgan fingerprint density at radius 3 is 2.21 bits per heavy atom. The third kappa shape index (κ3) is 4.62. The number of alkyl carbamates (subject to hydrolysis) is 1. The van der Waals surface area contributed by atoms with E-state index in [1.54, 1.807) is 17.9 Å². The number of rotatable bonds is 6. The van der Waals surface area contributed by atoms with Crippen LogP contribution in [0.15, 0.2) is 54.7 Å². The molecule has 0 saturated heterocycles. The van der Waals surface area contributed by atoms with E-state index in [4.69, 9.17) is 4.74 Å². The monoisotopic (exact) mass is 447 g/mol. The summed E-state index contributed by atoms with van der Waals surface area (Å²) in [7, 11) is 1.78. The van der Waals surface area contributed by atoms with Gasteiger partial charge in [-0.05, 0) is 22.3 Å². The Balaban J connectivity index is 1.52. The number of aliphatic carboxylic acids is 1. The summed E-state index contributed by atoms with van der Waals surface area (Å²) >= 11 is 0. The summed E-state index contributed by atoms with van der Waals surface area (Å²) in [5, 5.41) is 16.7. The Hall–Kier alpha value is -3.61. The molecule has 0 saturated carbocycles. The molecule has 7 heteroatoms. The highest BCUT2D eigenvalue weighted by Gasteiger charge is 2.31. The maximum Gasteiger partial charge on any atom is 0.407 e. The second-order valence-electron chi connectivity index (χ2n) is 9.48. The number of amides is 1. The number of carboxylic acid groups (broad SMARTS) is 1. The van der Waals surface area contributed by atoms with E-state index in [9.17, 15) is 14.7 Å². The smallest absolute Gasteiger partial charge is 0.407 e. The molecular weight excluding hydrogens is 418 g/mol. The molecular formula is C26H29N3O4. The van der Waals surface area contributed by atoms with Crippen LogP contribution >= 0.6 is 0 Å². The van der Waals surface area contributed by atoms with Gasteiger partial charge in [-0.2, -0.15) is 5.10 Å². The van der Waals surface area contributed by atoms with E-state index >= 15 is 0 Å². The zero-order chi connectivity index (χ0) is 23.8. The van der Waals surface area contributed by atoms with Gasteiger partial charge in [-0.3, -0.25) is 9.48 Å². The SMILES string of the molecule is Cn1cc(C(CC(=O)O)NC(=O)OCC2c3ccccc3-c3ccccc32)c(C(C)(C)C)n1. The molecule has 7 nitrogen and oxygen atoms in total. The number of hydrogen-bond donors (Lipinski definition) is 2. The number of hydrogen-bond acceptors (Lipinski definition) is 4.